The molecule has 0 bridgehead atoms. The highest BCUT2D eigenvalue weighted by atomic mass is 31.2. The molecule has 1 unspecified atom stereocenters. The molecular weight excluding hydrogens is 340 g/mol. The molecule has 126 valence electrons. The zero-order chi connectivity index (χ0) is 17.4. The third-order valence-corrected chi connectivity index (χ3v) is 3.54. The summed E-state index contributed by atoms with van der Waals surface area (Å²) in [7, 11) is -4.97. The first kappa shape index (κ1) is 17.5. The van der Waals surface area contributed by atoms with E-state index in [1.165, 1.54) is 0 Å². The Kier molecular flexibility index (Phi) is 4.81. The van der Waals surface area contributed by atoms with Crippen molar-refractivity contribution in [2.75, 3.05) is 0 Å². The Morgan fingerprint density at radius 3 is 2.78 bits per heavy atom. The second kappa shape index (κ2) is 6.32. The third-order valence-electron chi connectivity index (χ3n) is 3.04. The number of nitrogens with one attached hydrogen (secondary N) is 1. The van der Waals surface area contributed by atoms with Gasteiger partial charge in [-0.05, 0) is 4.85 Å². The summed E-state index contributed by atoms with van der Waals surface area (Å²) in [4.78, 5) is 44.9. The number of phosphoric ester groups is 1. The van der Waals surface area contributed by atoms with Gasteiger partial charge in [-0.25, -0.2) is 13.9 Å². The quantitative estimate of drug-likeness (QED) is 0.489. The Bertz CT molecular complexity index is 795. The lowest BCUT2D eigenvalue weighted by Crippen LogP contribution is -2.35. The van der Waals surface area contributed by atoms with Gasteiger partial charge in [0.15, 0.2) is 6.10 Å². The van der Waals surface area contributed by atoms with E-state index in [9.17, 15) is 23.7 Å². The van der Waals surface area contributed by atoms with Gasteiger partial charge in [-0.2, -0.15) is 4.39 Å². The highest BCUT2D eigenvalue weighted by Gasteiger charge is 2.48. The van der Waals surface area contributed by atoms with Gasteiger partial charge in [-0.1, -0.05) is 0 Å². The van der Waals surface area contributed by atoms with Crippen molar-refractivity contribution in [2.24, 2.45) is 0 Å². The van der Waals surface area contributed by atoms with Crippen LogP contribution in [0.1, 0.15) is 12.6 Å². The Morgan fingerprint density at radius 1 is 1.57 bits per heavy atom. The molecule has 0 radical (unpaired) electrons. The first-order valence-electron chi connectivity index (χ1n) is 6.11. The maximum atomic E-state index is 13.3. The molecule has 0 amide bonds. The van der Waals surface area contributed by atoms with Crippen LogP contribution in [-0.2, 0) is 13.8 Å². The average molecular weight is 352 g/mol. The lowest BCUT2D eigenvalue weighted by Gasteiger charge is -2.15. The number of H-pyrrole nitrogens is 1. The van der Waals surface area contributed by atoms with Crippen LogP contribution in [0.5, 0.6) is 0 Å². The summed E-state index contributed by atoms with van der Waals surface area (Å²) in [6.07, 6.45) is -5.41. The predicted octanol–water partition coefficient (Wildman–Crippen LogP) is -1.28. The fraction of sp³-hybridized carbons (Fsp3) is 0.500. The van der Waals surface area contributed by atoms with Crippen LogP contribution in [0, 0.1) is 12.4 Å². The van der Waals surface area contributed by atoms with Crippen molar-refractivity contribution < 1.29 is 33.1 Å². The van der Waals surface area contributed by atoms with E-state index in [2.05, 4.69) is 9.37 Å². The lowest BCUT2D eigenvalue weighted by molar-refractivity contribution is -0.0674. The molecule has 23 heavy (non-hydrogen) atoms. The molecule has 4 N–H and O–H groups in total. The number of aliphatic hydroxyl groups excluding tert-OH is 1. The summed E-state index contributed by atoms with van der Waals surface area (Å²) in [5, 5.41) is 9.88. The predicted molar refractivity (Wildman–Crippen MR) is 71.0 cm³/mol. The molecule has 13 heteroatoms. The number of phosphoric acid groups is 1. The van der Waals surface area contributed by atoms with E-state index in [0.717, 1.165) is 0 Å². The molecule has 2 rings (SSSR count). The van der Waals surface area contributed by atoms with Crippen molar-refractivity contribution >= 4 is 7.82 Å². The lowest BCUT2D eigenvalue weighted by atomic mass is 10.1. The van der Waals surface area contributed by atoms with Crippen LogP contribution in [0.3, 0.4) is 0 Å². The van der Waals surface area contributed by atoms with Crippen molar-refractivity contribution in [1.29, 1.82) is 0 Å². The van der Waals surface area contributed by atoms with Crippen LogP contribution in [0.2, 0.25) is 0 Å². The van der Waals surface area contributed by atoms with Crippen LogP contribution < -0.4 is 11.2 Å². The smallest absolute Gasteiger partial charge is 0.390 e. The van der Waals surface area contributed by atoms with Crippen molar-refractivity contribution in [1.82, 2.24) is 9.55 Å². The summed E-state index contributed by atoms with van der Waals surface area (Å²) in [6.45, 7) is 4.97. The van der Waals surface area contributed by atoms with E-state index in [1.54, 1.807) is 4.98 Å². The zero-order valence-electron chi connectivity index (χ0n) is 11.3. The van der Waals surface area contributed by atoms with Crippen molar-refractivity contribution in [3.05, 3.63) is 37.7 Å². The number of nitrogens with zero attached hydrogens (tertiary/aromatic N) is 2. The summed E-state index contributed by atoms with van der Waals surface area (Å²) in [5.74, 6) is -1.25. The van der Waals surface area contributed by atoms with E-state index >= 15 is 0 Å². The second-order valence-electron chi connectivity index (χ2n) is 4.64. The van der Waals surface area contributed by atoms with Gasteiger partial charge in [0.25, 0.3) is 12.1 Å². The second-order valence-corrected chi connectivity index (χ2v) is 5.83. The van der Waals surface area contributed by atoms with Crippen molar-refractivity contribution in [3.63, 3.8) is 0 Å². The third kappa shape index (κ3) is 3.91. The minimum atomic E-state index is -4.97. The van der Waals surface area contributed by atoms with Crippen LogP contribution in [-0.4, -0.2) is 42.9 Å². The molecule has 1 aromatic heterocycles. The molecule has 0 aromatic carbocycles. The summed E-state index contributed by atoms with van der Waals surface area (Å²) < 4.78 is 34.3. The summed E-state index contributed by atoms with van der Waals surface area (Å²) in [6, 6.07) is 0. The van der Waals surface area contributed by atoms with E-state index in [4.69, 9.17) is 21.1 Å². The molecule has 0 spiro atoms. The van der Waals surface area contributed by atoms with Crippen LogP contribution in [0.4, 0.5) is 4.39 Å². The average Bonchev–Trinajstić information content (AvgIpc) is 2.81. The Balaban J connectivity index is 2.26. The normalized spacial score (nSPS) is 26.0. The molecule has 1 fully saturated rings. The maximum Gasteiger partial charge on any atom is 0.475 e. The van der Waals surface area contributed by atoms with Gasteiger partial charge < -0.3 is 19.6 Å². The van der Waals surface area contributed by atoms with Crippen molar-refractivity contribution in [3.8, 4) is 6.57 Å². The molecule has 1 aliphatic heterocycles. The largest absolute Gasteiger partial charge is 0.475 e. The number of hydrogen-bond acceptors (Lipinski definition) is 6. The van der Waals surface area contributed by atoms with Crippen LogP contribution in [0.15, 0.2) is 15.8 Å². The molecule has 0 aliphatic carbocycles. The number of aromatic amines is 1. The number of rotatable bonds is 4. The van der Waals surface area contributed by atoms with Gasteiger partial charge in [0.2, 0.25) is 5.82 Å². The summed E-state index contributed by atoms with van der Waals surface area (Å²) in [5.41, 5.74) is -2.22. The molecule has 1 saturated heterocycles. The molecule has 2 heterocycles. The fourth-order valence-corrected chi connectivity index (χ4v) is 2.55. The Morgan fingerprint density at radius 2 is 2.22 bits per heavy atom. The summed E-state index contributed by atoms with van der Waals surface area (Å²) >= 11 is 0. The van der Waals surface area contributed by atoms with Gasteiger partial charge in [-0.15, -0.1) is 0 Å². The zero-order valence-corrected chi connectivity index (χ0v) is 12.2. The fourth-order valence-electron chi connectivity index (χ4n) is 2.09. The Labute approximate surface area is 127 Å². The van der Waals surface area contributed by atoms with Crippen LogP contribution >= 0.6 is 7.82 Å². The topological polar surface area (TPSA) is 155 Å². The van der Waals surface area contributed by atoms with Crippen LogP contribution in [0.25, 0.3) is 4.85 Å². The van der Waals surface area contributed by atoms with E-state index in [0.29, 0.717) is 10.8 Å². The first-order valence-corrected chi connectivity index (χ1v) is 7.64. The van der Waals surface area contributed by atoms with Crippen molar-refractivity contribution in [2.45, 2.75) is 31.1 Å². The molecule has 4 atom stereocenters. The van der Waals surface area contributed by atoms with E-state index in [-0.39, 0.29) is 6.42 Å². The van der Waals surface area contributed by atoms with Gasteiger partial charge in [0.1, 0.15) is 6.23 Å². The Hall–Kier alpha value is -1.87. The highest BCUT2D eigenvalue weighted by Crippen LogP contribution is 2.41. The van der Waals surface area contributed by atoms with Gasteiger partial charge in [0.05, 0.1) is 12.3 Å². The maximum absolute atomic E-state index is 13.3. The number of aliphatic hydroxyl groups is 1. The number of ether oxygens (including phenoxy) is 1. The van der Waals surface area contributed by atoms with Gasteiger partial charge >= 0.3 is 19.7 Å². The molecule has 0 saturated carbocycles. The number of hydrogen-bond donors (Lipinski definition) is 4. The molecule has 1 aliphatic rings. The minimum Gasteiger partial charge on any atom is -0.390 e. The number of halogens is 1. The molecule has 1 aromatic rings. The monoisotopic (exact) mass is 352 g/mol. The number of aromatic nitrogens is 2. The highest BCUT2D eigenvalue weighted by molar-refractivity contribution is 7.46. The SMILES string of the molecule is C#[N+][C@@H](OP(=O)(O)O)[C@H]1O[C@@H](n2cc(F)c(=O)[nH]c2=O)CC1O. The molecule has 11 nitrogen and oxygen atoms in total. The van der Waals surface area contributed by atoms with Gasteiger partial charge in [-0.3, -0.25) is 14.3 Å². The minimum absolute atomic E-state index is 0.257. The molecular formula is C10H12FN3O8P+. The van der Waals surface area contributed by atoms with Gasteiger partial charge in [0, 0.05) is 6.42 Å². The standard InChI is InChI=1S/C10H11FN3O8P/c1-12-9(22-23(18,19)20)7-5(15)2-6(21-7)14-3-4(11)8(16)13-10(14)17/h1,3,5-7,9,15H,2H2,(H2-,13,16,17,18,19,20)/p+1/t5?,6-,7+,9+/m1/s1. The first-order chi connectivity index (χ1) is 10.6. The van der Waals surface area contributed by atoms with E-state index in [1.807, 2.05) is 0 Å². The van der Waals surface area contributed by atoms with E-state index < -0.39 is 49.6 Å².